The third-order valence-corrected chi connectivity index (χ3v) is 6.53. The smallest absolute Gasteiger partial charge is 0.245 e. The van der Waals surface area contributed by atoms with E-state index in [9.17, 15) is 8.42 Å². The topological polar surface area (TPSA) is 63.4 Å². The molecule has 0 saturated carbocycles. The van der Waals surface area contributed by atoms with Gasteiger partial charge in [-0.2, -0.15) is 4.31 Å². The van der Waals surface area contributed by atoms with Gasteiger partial charge < -0.3 is 5.73 Å². The van der Waals surface area contributed by atoms with Crippen LogP contribution in [0.3, 0.4) is 0 Å². The van der Waals surface area contributed by atoms with Gasteiger partial charge in [-0.1, -0.05) is 31.9 Å². The lowest BCUT2D eigenvalue weighted by Gasteiger charge is -2.35. The Bertz CT molecular complexity index is 609. The average Bonchev–Trinajstić information content (AvgIpc) is 2.44. The summed E-state index contributed by atoms with van der Waals surface area (Å²) in [5.74, 6) is 0. The van der Waals surface area contributed by atoms with Crippen molar-refractivity contribution < 1.29 is 8.42 Å². The highest BCUT2D eigenvalue weighted by Gasteiger charge is 2.35. The lowest BCUT2D eigenvalue weighted by molar-refractivity contribution is 0.239. The van der Waals surface area contributed by atoms with Gasteiger partial charge in [-0.3, -0.25) is 0 Å². The molecule has 2 N–H and O–H groups in total. The summed E-state index contributed by atoms with van der Waals surface area (Å²) in [7, 11) is -3.51. The molecule has 1 heterocycles. The predicted octanol–water partition coefficient (Wildman–Crippen LogP) is 3.23. The van der Waals surface area contributed by atoms with Gasteiger partial charge in [0.1, 0.15) is 4.90 Å². The van der Waals surface area contributed by atoms with E-state index in [0.29, 0.717) is 17.1 Å². The monoisotopic (exact) mass is 310 g/mol. The summed E-state index contributed by atoms with van der Waals surface area (Å²) in [6.07, 6.45) is 4.92. The van der Waals surface area contributed by atoms with Crippen LogP contribution in [0.1, 0.15) is 50.2 Å². The summed E-state index contributed by atoms with van der Waals surface area (Å²) >= 11 is 0. The summed E-state index contributed by atoms with van der Waals surface area (Å²) in [6, 6.07) is 3.84. The zero-order valence-electron chi connectivity index (χ0n) is 13.2. The number of nitrogen functional groups attached to an aromatic ring is 1. The largest absolute Gasteiger partial charge is 0.397 e. The van der Waals surface area contributed by atoms with Crippen LogP contribution in [0.15, 0.2) is 17.0 Å². The lowest BCUT2D eigenvalue weighted by atomic mass is 10.0. The third kappa shape index (κ3) is 3.09. The van der Waals surface area contributed by atoms with E-state index in [2.05, 4.69) is 6.92 Å². The molecule has 4 nitrogen and oxygen atoms in total. The molecule has 0 spiro atoms. The molecule has 118 valence electrons. The molecule has 1 unspecified atom stereocenters. The normalized spacial score (nSPS) is 20.6. The Morgan fingerprint density at radius 3 is 2.57 bits per heavy atom. The van der Waals surface area contributed by atoms with Crippen LogP contribution in [0.5, 0.6) is 0 Å². The fourth-order valence-corrected chi connectivity index (χ4v) is 5.30. The van der Waals surface area contributed by atoms with Crippen molar-refractivity contribution in [1.29, 1.82) is 0 Å². The first-order valence-corrected chi connectivity index (χ1v) is 9.21. The second kappa shape index (κ2) is 6.36. The summed E-state index contributed by atoms with van der Waals surface area (Å²) in [5.41, 5.74) is 8.05. The van der Waals surface area contributed by atoms with Gasteiger partial charge in [-0.15, -0.1) is 0 Å². The number of piperidine rings is 1. The highest BCUT2D eigenvalue weighted by Crippen LogP contribution is 2.33. The SMILES string of the molecule is CCCC1CCCCN1S(=O)(=O)c1c(C)ccc(C)c1N. The molecule has 21 heavy (non-hydrogen) atoms. The molecule has 1 atom stereocenters. The second-order valence-electron chi connectivity index (χ2n) is 6.00. The van der Waals surface area contributed by atoms with Gasteiger partial charge in [-0.25, -0.2) is 8.42 Å². The molecule has 0 aliphatic carbocycles. The Labute approximate surface area is 128 Å². The summed E-state index contributed by atoms with van der Waals surface area (Å²) < 4.78 is 27.9. The molecule has 1 aromatic rings. The van der Waals surface area contributed by atoms with E-state index < -0.39 is 10.0 Å². The molecular weight excluding hydrogens is 284 g/mol. The molecule has 0 bridgehead atoms. The highest BCUT2D eigenvalue weighted by atomic mass is 32.2. The van der Waals surface area contributed by atoms with Crippen LogP contribution >= 0.6 is 0 Å². The minimum absolute atomic E-state index is 0.119. The number of hydrogen-bond donors (Lipinski definition) is 1. The zero-order valence-corrected chi connectivity index (χ0v) is 14.0. The zero-order chi connectivity index (χ0) is 15.6. The van der Waals surface area contributed by atoms with E-state index in [4.69, 9.17) is 5.73 Å². The van der Waals surface area contributed by atoms with Crippen molar-refractivity contribution in [3.05, 3.63) is 23.3 Å². The van der Waals surface area contributed by atoms with E-state index in [1.165, 1.54) is 0 Å². The highest BCUT2D eigenvalue weighted by molar-refractivity contribution is 7.89. The number of aryl methyl sites for hydroxylation is 2. The van der Waals surface area contributed by atoms with Gasteiger partial charge in [0.05, 0.1) is 5.69 Å². The molecule has 1 aromatic carbocycles. The third-order valence-electron chi connectivity index (χ3n) is 4.37. The second-order valence-corrected chi connectivity index (χ2v) is 7.82. The fraction of sp³-hybridized carbons (Fsp3) is 0.625. The van der Waals surface area contributed by atoms with Crippen molar-refractivity contribution in [3.63, 3.8) is 0 Å². The maximum atomic E-state index is 13.1. The van der Waals surface area contributed by atoms with Crippen LogP contribution in [-0.2, 0) is 10.0 Å². The van der Waals surface area contributed by atoms with Gasteiger partial charge in [0.15, 0.2) is 0 Å². The summed E-state index contributed by atoms with van der Waals surface area (Å²) in [5, 5.41) is 0. The molecule has 0 amide bonds. The first-order chi connectivity index (χ1) is 9.89. The Morgan fingerprint density at radius 2 is 1.90 bits per heavy atom. The van der Waals surface area contributed by atoms with Crippen LogP contribution in [0.4, 0.5) is 5.69 Å². The number of hydrogen-bond acceptors (Lipinski definition) is 3. The molecule has 2 rings (SSSR count). The summed E-state index contributed by atoms with van der Waals surface area (Å²) in [4.78, 5) is 0.311. The van der Waals surface area contributed by atoms with Crippen LogP contribution < -0.4 is 5.73 Å². The molecule has 1 saturated heterocycles. The van der Waals surface area contributed by atoms with Crippen molar-refractivity contribution in [2.75, 3.05) is 12.3 Å². The number of anilines is 1. The molecule has 1 aliphatic rings. The number of sulfonamides is 1. The van der Waals surface area contributed by atoms with Crippen molar-refractivity contribution in [3.8, 4) is 0 Å². The van der Waals surface area contributed by atoms with Crippen molar-refractivity contribution >= 4 is 15.7 Å². The number of nitrogens with two attached hydrogens (primary N) is 1. The minimum Gasteiger partial charge on any atom is -0.397 e. The Hall–Kier alpha value is -1.07. The standard InChI is InChI=1S/C16H26N2O2S/c1-4-7-14-8-5-6-11-18(14)21(19,20)16-13(3)10-9-12(2)15(16)17/h9-10,14H,4-8,11,17H2,1-3H3. The van der Waals surface area contributed by atoms with Gasteiger partial charge in [0, 0.05) is 12.6 Å². The first kappa shape index (κ1) is 16.3. The maximum Gasteiger partial charge on any atom is 0.245 e. The first-order valence-electron chi connectivity index (χ1n) is 7.77. The van der Waals surface area contributed by atoms with Crippen molar-refractivity contribution in [2.24, 2.45) is 0 Å². The Morgan fingerprint density at radius 1 is 1.24 bits per heavy atom. The Kier molecular flexibility index (Phi) is 4.94. The maximum absolute atomic E-state index is 13.1. The number of nitrogens with zero attached hydrogens (tertiary/aromatic N) is 1. The lowest BCUT2D eigenvalue weighted by Crippen LogP contribution is -2.44. The summed E-state index contributed by atoms with van der Waals surface area (Å²) in [6.45, 7) is 6.39. The van der Waals surface area contributed by atoms with Crippen molar-refractivity contribution in [2.45, 2.75) is 63.8 Å². The van der Waals surface area contributed by atoms with Gasteiger partial charge >= 0.3 is 0 Å². The van der Waals surface area contributed by atoms with Crippen LogP contribution in [0.25, 0.3) is 0 Å². The van der Waals surface area contributed by atoms with Crippen molar-refractivity contribution in [1.82, 2.24) is 4.31 Å². The quantitative estimate of drug-likeness (QED) is 0.868. The predicted molar refractivity (Wildman–Crippen MR) is 86.8 cm³/mol. The van der Waals surface area contributed by atoms with Gasteiger partial charge in [-0.05, 0) is 44.2 Å². The van der Waals surface area contributed by atoms with Gasteiger partial charge in [0.25, 0.3) is 0 Å². The molecule has 1 aliphatic heterocycles. The number of benzene rings is 1. The average molecular weight is 310 g/mol. The van der Waals surface area contributed by atoms with Crippen LogP contribution in [0, 0.1) is 13.8 Å². The van der Waals surface area contributed by atoms with Crippen LogP contribution in [0.2, 0.25) is 0 Å². The molecule has 0 aromatic heterocycles. The van der Waals surface area contributed by atoms with E-state index in [0.717, 1.165) is 43.2 Å². The molecule has 5 heteroatoms. The van der Waals surface area contributed by atoms with E-state index in [1.54, 1.807) is 4.31 Å². The molecule has 1 fully saturated rings. The molecular formula is C16H26N2O2S. The Balaban J connectivity index is 2.48. The minimum atomic E-state index is -3.51. The van der Waals surface area contributed by atoms with E-state index >= 15 is 0 Å². The van der Waals surface area contributed by atoms with E-state index in [-0.39, 0.29) is 6.04 Å². The van der Waals surface area contributed by atoms with E-state index in [1.807, 2.05) is 26.0 Å². The molecule has 0 radical (unpaired) electrons. The van der Waals surface area contributed by atoms with Gasteiger partial charge in [0.2, 0.25) is 10.0 Å². The fourth-order valence-electron chi connectivity index (χ4n) is 3.18. The number of rotatable bonds is 4. The van der Waals surface area contributed by atoms with Crippen LogP contribution in [-0.4, -0.2) is 25.3 Å².